The molecule has 0 radical (unpaired) electrons. The number of thiazole rings is 1. The minimum absolute atomic E-state index is 0.303. The summed E-state index contributed by atoms with van der Waals surface area (Å²) in [5.74, 6) is -0.303. The number of aryl methyl sites for hydroxylation is 1. The molecule has 110 valence electrons. The second-order valence-corrected chi connectivity index (χ2v) is 5.68. The Morgan fingerprint density at radius 3 is 2.57 bits per heavy atom. The number of carbonyl (C=O) groups is 1. The molecule has 0 saturated carbocycles. The van der Waals surface area contributed by atoms with Crippen LogP contribution < -0.4 is 16.1 Å². The number of nitrogens with one attached hydrogen (secondary N) is 1. The number of anilines is 2. The fraction of sp³-hybridized carbons (Fsp3) is 0.214. The fourth-order valence-electron chi connectivity index (χ4n) is 1.70. The molecule has 2 rings (SSSR count). The van der Waals surface area contributed by atoms with Crippen molar-refractivity contribution in [3.05, 3.63) is 40.4 Å². The van der Waals surface area contributed by atoms with Crippen molar-refractivity contribution >= 4 is 34.3 Å². The van der Waals surface area contributed by atoms with E-state index in [1.165, 1.54) is 0 Å². The average Bonchev–Trinajstić information content (AvgIpc) is 2.78. The SMILES string of the molecule is Cc1nc(N)sc1C(=O)N/N=C\c1ccc(N(C)C)cc1. The van der Waals surface area contributed by atoms with Crippen molar-refractivity contribution in [2.75, 3.05) is 24.7 Å². The summed E-state index contributed by atoms with van der Waals surface area (Å²) < 4.78 is 0. The summed E-state index contributed by atoms with van der Waals surface area (Å²) in [6, 6.07) is 7.83. The summed E-state index contributed by atoms with van der Waals surface area (Å²) in [6.45, 7) is 1.74. The van der Waals surface area contributed by atoms with Crippen molar-refractivity contribution in [1.82, 2.24) is 10.4 Å². The second-order valence-electron chi connectivity index (χ2n) is 4.65. The number of rotatable bonds is 4. The quantitative estimate of drug-likeness (QED) is 0.667. The van der Waals surface area contributed by atoms with Gasteiger partial charge in [-0.3, -0.25) is 4.79 Å². The molecule has 0 aliphatic carbocycles. The zero-order valence-electron chi connectivity index (χ0n) is 12.1. The van der Waals surface area contributed by atoms with Gasteiger partial charge in [0.15, 0.2) is 5.13 Å². The van der Waals surface area contributed by atoms with Gasteiger partial charge in [0.1, 0.15) is 4.88 Å². The highest BCUT2D eigenvalue weighted by Crippen LogP contribution is 2.19. The van der Waals surface area contributed by atoms with Crippen LogP contribution in [0.1, 0.15) is 20.9 Å². The minimum Gasteiger partial charge on any atom is -0.378 e. The van der Waals surface area contributed by atoms with Crippen molar-refractivity contribution in [1.29, 1.82) is 0 Å². The number of carbonyl (C=O) groups excluding carboxylic acids is 1. The lowest BCUT2D eigenvalue weighted by atomic mass is 10.2. The third-order valence-corrected chi connectivity index (χ3v) is 3.79. The number of nitrogens with zero attached hydrogens (tertiary/aromatic N) is 3. The molecule has 0 atom stereocenters. The fourth-order valence-corrected chi connectivity index (χ4v) is 2.43. The molecule has 1 amide bonds. The van der Waals surface area contributed by atoms with Crippen molar-refractivity contribution < 1.29 is 4.79 Å². The van der Waals surface area contributed by atoms with Crippen LogP contribution in [0.5, 0.6) is 0 Å². The van der Waals surface area contributed by atoms with Crippen molar-refractivity contribution in [3.63, 3.8) is 0 Å². The topological polar surface area (TPSA) is 83.6 Å². The van der Waals surface area contributed by atoms with E-state index >= 15 is 0 Å². The first kappa shape index (κ1) is 15.0. The van der Waals surface area contributed by atoms with E-state index in [0.29, 0.717) is 15.7 Å². The number of hydrogen-bond acceptors (Lipinski definition) is 6. The van der Waals surface area contributed by atoms with Gasteiger partial charge in [-0.15, -0.1) is 0 Å². The largest absolute Gasteiger partial charge is 0.378 e. The molecular formula is C14H17N5OS. The van der Waals surface area contributed by atoms with Gasteiger partial charge in [0, 0.05) is 19.8 Å². The van der Waals surface area contributed by atoms with E-state index in [2.05, 4.69) is 15.5 Å². The zero-order valence-corrected chi connectivity index (χ0v) is 12.9. The van der Waals surface area contributed by atoms with Gasteiger partial charge in [-0.05, 0) is 24.6 Å². The van der Waals surface area contributed by atoms with Crippen LogP contribution in [0.25, 0.3) is 0 Å². The number of nitrogens with two attached hydrogens (primary N) is 1. The van der Waals surface area contributed by atoms with Crippen LogP contribution in [0.15, 0.2) is 29.4 Å². The third kappa shape index (κ3) is 3.79. The maximum Gasteiger partial charge on any atom is 0.283 e. The molecule has 1 heterocycles. The molecule has 7 heteroatoms. The summed E-state index contributed by atoms with van der Waals surface area (Å²) >= 11 is 1.15. The molecule has 0 unspecified atom stereocenters. The lowest BCUT2D eigenvalue weighted by Gasteiger charge is -2.11. The van der Waals surface area contributed by atoms with E-state index in [1.807, 2.05) is 43.3 Å². The highest BCUT2D eigenvalue weighted by atomic mass is 32.1. The van der Waals surface area contributed by atoms with Crippen LogP contribution >= 0.6 is 11.3 Å². The van der Waals surface area contributed by atoms with Crippen molar-refractivity contribution in [2.24, 2.45) is 5.10 Å². The molecule has 0 saturated heterocycles. The first-order chi connectivity index (χ1) is 9.97. The van der Waals surface area contributed by atoms with E-state index in [9.17, 15) is 4.79 Å². The average molecular weight is 303 g/mol. The Morgan fingerprint density at radius 2 is 2.05 bits per heavy atom. The first-order valence-corrected chi connectivity index (χ1v) is 7.12. The summed E-state index contributed by atoms with van der Waals surface area (Å²) in [4.78, 5) is 18.4. The zero-order chi connectivity index (χ0) is 15.4. The van der Waals surface area contributed by atoms with Crippen LogP contribution in [0, 0.1) is 6.92 Å². The predicted octanol–water partition coefficient (Wildman–Crippen LogP) is 1.86. The molecule has 1 aromatic carbocycles. The van der Waals surface area contributed by atoms with E-state index < -0.39 is 0 Å². The number of amides is 1. The Hall–Kier alpha value is -2.41. The van der Waals surface area contributed by atoms with Gasteiger partial charge < -0.3 is 10.6 Å². The molecule has 0 bridgehead atoms. The molecule has 0 aliphatic rings. The maximum absolute atomic E-state index is 11.9. The molecule has 3 N–H and O–H groups in total. The molecule has 21 heavy (non-hydrogen) atoms. The molecule has 0 fully saturated rings. The number of nitrogen functional groups attached to an aromatic ring is 1. The standard InChI is InChI=1S/C14H17N5OS/c1-9-12(21-14(15)17-9)13(20)18-16-8-10-4-6-11(7-5-10)19(2)3/h4-8H,1-3H3,(H2,15,17)(H,18,20)/b16-8-. The summed E-state index contributed by atoms with van der Waals surface area (Å²) in [6.07, 6.45) is 1.59. The normalized spacial score (nSPS) is 10.8. The second kappa shape index (κ2) is 6.36. The number of hydrazone groups is 1. The third-order valence-electron chi connectivity index (χ3n) is 2.81. The highest BCUT2D eigenvalue weighted by Gasteiger charge is 2.13. The minimum atomic E-state index is -0.303. The first-order valence-electron chi connectivity index (χ1n) is 6.31. The van der Waals surface area contributed by atoms with E-state index in [0.717, 1.165) is 22.6 Å². The van der Waals surface area contributed by atoms with Gasteiger partial charge in [0.25, 0.3) is 5.91 Å². The van der Waals surface area contributed by atoms with Crippen LogP contribution in [-0.4, -0.2) is 31.2 Å². The van der Waals surface area contributed by atoms with Crippen molar-refractivity contribution in [3.8, 4) is 0 Å². The summed E-state index contributed by atoms with van der Waals surface area (Å²) in [5, 5.41) is 4.32. The summed E-state index contributed by atoms with van der Waals surface area (Å²) in [7, 11) is 3.96. The molecule has 6 nitrogen and oxygen atoms in total. The van der Waals surface area contributed by atoms with Gasteiger partial charge >= 0.3 is 0 Å². The van der Waals surface area contributed by atoms with Crippen LogP contribution in [-0.2, 0) is 0 Å². The Balaban J connectivity index is 1.99. The Labute approximate surface area is 127 Å². The van der Waals surface area contributed by atoms with E-state index in [-0.39, 0.29) is 5.91 Å². The Bertz CT molecular complexity index is 661. The Morgan fingerprint density at radius 1 is 1.38 bits per heavy atom. The molecule has 1 aromatic heterocycles. The van der Waals surface area contributed by atoms with Crippen molar-refractivity contribution in [2.45, 2.75) is 6.92 Å². The number of benzene rings is 1. The van der Waals surface area contributed by atoms with Crippen LogP contribution in [0.2, 0.25) is 0 Å². The molecule has 2 aromatic rings. The Kier molecular flexibility index (Phi) is 4.54. The molecule has 0 aliphatic heterocycles. The van der Waals surface area contributed by atoms with Gasteiger partial charge in [-0.2, -0.15) is 5.10 Å². The van der Waals surface area contributed by atoms with Crippen LogP contribution in [0.4, 0.5) is 10.8 Å². The number of aromatic nitrogens is 1. The maximum atomic E-state index is 11.9. The van der Waals surface area contributed by atoms with E-state index in [1.54, 1.807) is 13.1 Å². The summed E-state index contributed by atoms with van der Waals surface area (Å²) in [5.41, 5.74) is 10.7. The lowest BCUT2D eigenvalue weighted by molar-refractivity contribution is 0.0958. The highest BCUT2D eigenvalue weighted by molar-refractivity contribution is 7.17. The monoisotopic (exact) mass is 303 g/mol. The van der Waals surface area contributed by atoms with Crippen LogP contribution in [0.3, 0.4) is 0 Å². The number of hydrogen-bond donors (Lipinski definition) is 2. The van der Waals surface area contributed by atoms with Gasteiger partial charge in [-0.1, -0.05) is 23.5 Å². The lowest BCUT2D eigenvalue weighted by Crippen LogP contribution is -2.17. The van der Waals surface area contributed by atoms with Gasteiger partial charge in [-0.25, -0.2) is 10.4 Å². The van der Waals surface area contributed by atoms with E-state index in [4.69, 9.17) is 5.73 Å². The smallest absolute Gasteiger partial charge is 0.283 e. The van der Waals surface area contributed by atoms with Gasteiger partial charge in [0.05, 0.1) is 11.9 Å². The van der Waals surface area contributed by atoms with Gasteiger partial charge in [0.2, 0.25) is 0 Å². The molecular weight excluding hydrogens is 286 g/mol. The predicted molar refractivity (Wildman–Crippen MR) is 87.1 cm³/mol. The molecule has 0 spiro atoms.